The van der Waals surface area contributed by atoms with E-state index in [-0.39, 0.29) is 28.9 Å². The minimum Gasteiger partial charge on any atom is -0.497 e. The highest BCUT2D eigenvalue weighted by Gasteiger charge is 2.06. The zero-order chi connectivity index (χ0) is 19.7. The molecule has 4 N–H and O–H groups in total. The number of hydrogen-bond acceptors (Lipinski definition) is 4. The topological polar surface area (TPSA) is 106 Å². The minimum atomic E-state index is -3.65. The predicted molar refractivity (Wildman–Crippen MR) is 123 cm³/mol. The Morgan fingerprint density at radius 1 is 1.11 bits per heavy atom. The van der Waals surface area contributed by atoms with Crippen molar-refractivity contribution >= 4 is 40.0 Å². The summed E-state index contributed by atoms with van der Waals surface area (Å²) in [6, 6.07) is 14.4. The zero-order valence-corrected chi connectivity index (χ0v) is 19.2. The highest BCUT2D eigenvalue weighted by Crippen LogP contribution is 2.13. The maximum Gasteiger partial charge on any atom is 0.238 e. The van der Waals surface area contributed by atoms with Gasteiger partial charge in [0.05, 0.1) is 18.6 Å². The van der Waals surface area contributed by atoms with Gasteiger partial charge < -0.3 is 15.4 Å². The molecule has 9 heteroatoms. The number of sulfonamides is 1. The fraction of sp³-hybridized carbons (Fsp3) is 0.316. The molecule has 28 heavy (non-hydrogen) atoms. The van der Waals surface area contributed by atoms with Crippen LogP contribution in [0.3, 0.4) is 0 Å². The van der Waals surface area contributed by atoms with E-state index in [2.05, 4.69) is 15.6 Å². The Morgan fingerprint density at radius 3 is 2.43 bits per heavy atom. The van der Waals surface area contributed by atoms with Crippen molar-refractivity contribution < 1.29 is 13.2 Å². The fourth-order valence-corrected chi connectivity index (χ4v) is 2.97. The minimum absolute atomic E-state index is 0. The smallest absolute Gasteiger partial charge is 0.238 e. The first-order chi connectivity index (χ1) is 12.9. The number of ether oxygens (including phenoxy) is 1. The Bertz CT molecular complexity index is 871. The van der Waals surface area contributed by atoms with Gasteiger partial charge in [0.2, 0.25) is 10.0 Å². The van der Waals surface area contributed by atoms with Gasteiger partial charge in [-0.1, -0.05) is 24.3 Å². The molecule has 0 amide bonds. The van der Waals surface area contributed by atoms with Crippen LogP contribution in [-0.2, 0) is 23.0 Å². The van der Waals surface area contributed by atoms with Crippen molar-refractivity contribution in [2.45, 2.75) is 24.8 Å². The first kappa shape index (κ1) is 24.2. The van der Waals surface area contributed by atoms with Gasteiger partial charge in [-0.25, -0.2) is 18.5 Å². The van der Waals surface area contributed by atoms with Crippen LogP contribution in [0.5, 0.6) is 5.75 Å². The Hall–Kier alpha value is -1.85. The molecule has 2 aromatic carbocycles. The average Bonchev–Trinajstić information content (AvgIpc) is 2.66. The number of nitrogens with two attached hydrogens (primary N) is 1. The van der Waals surface area contributed by atoms with Crippen LogP contribution in [-0.4, -0.2) is 34.6 Å². The van der Waals surface area contributed by atoms with Crippen LogP contribution in [0.1, 0.15) is 18.1 Å². The number of rotatable bonds is 8. The Kier molecular flexibility index (Phi) is 10.3. The first-order valence-corrected chi connectivity index (χ1v) is 10.2. The van der Waals surface area contributed by atoms with E-state index in [4.69, 9.17) is 9.88 Å². The van der Waals surface area contributed by atoms with E-state index in [0.717, 1.165) is 35.8 Å². The number of guanidine groups is 1. The van der Waals surface area contributed by atoms with E-state index >= 15 is 0 Å². The quantitative estimate of drug-likeness (QED) is 0.283. The fourth-order valence-electron chi connectivity index (χ4n) is 2.45. The number of methoxy groups -OCH3 is 1. The Morgan fingerprint density at radius 2 is 1.82 bits per heavy atom. The summed E-state index contributed by atoms with van der Waals surface area (Å²) >= 11 is 0. The molecule has 0 saturated carbocycles. The molecular formula is C19H27IN4O3S. The van der Waals surface area contributed by atoms with E-state index < -0.39 is 10.0 Å². The molecule has 0 aromatic heterocycles. The van der Waals surface area contributed by atoms with E-state index in [9.17, 15) is 8.42 Å². The molecule has 0 unspecified atom stereocenters. The molecule has 0 radical (unpaired) electrons. The van der Waals surface area contributed by atoms with Crippen molar-refractivity contribution in [3.8, 4) is 5.75 Å². The molecule has 0 aliphatic heterocycles. The second-order valence-electron chi connectivity index (χ2n) is 5.91. The standard InChI is InChI=1S/C19H26N4O3S.HI/c1-3-21-19(23-14-16-5-4-6-17(13-16)26-2)22-12-11-15-7-9-18(10-8-15)27(20,24)25;/h4-10,13H,3,11-12,14H2,1-2H3,(H2,20,24,25)(H2,21,22,23);1H. The van der Waals surface area contributed by atoms with E-state index in [1.165, 1.54) is 12.1 Å². The van der Waals surface area contributed by atoms with Gasteiger partial charge in [-0.3, -0.25) is 0 Å². The van der Waals surface area contributed by atoms with Crippen LogP contribution in [0.25, 0.3) is 0 Å². The number of primary sulfonamides is 1. The molecule has 2 rings (SSSR count). The lowest BCUT2D eigenvalue weighted by Crippen LogP contribution is -2.38. The van der Waals surface area contributed by atoms with Crippen LogP contribution >= 0.6 is 24.0 Å². The Balaban J connectivity index is 0.00000392. The first-order valence-electron chi connectivity index (χ1n) is 8.69. The number of halogens is 1. The van der Waals surface area contributed by atoms with Crippen molar-refractivity contribution in [1.29, 1.82) is 0 Å². The van der Waals surface area contributed by atoms with Crippen LogP contribution < -0.4 is 20.5 Å². The summed E-state index contributed by atoms with van der Waals surface area (Å²) in [5.41, 5.74) is 2.07. The summed E-state index contributed by atoms with van der Waals surface area (Å²) in [5, 5.41) is 11.6. The molecular weight excluding hydrogens is 491 g/mol. The molecule has 0 bridgehead atoms. The van der Waals surface area contributed by atoms with Crippen molar-refractivity contribution in [1.82, 2.24) is 10.6 Å². The summed E-state index contributed by atoms with van der Waals surface area (Å²) in [5.74, 6) is 1.53. The SMILES string of the molecule is CCNC(=NCc1cccc(OC)c1)NCCc1ccc(S(N)(=O)=O)cc1.I. The number of aliphatic imine (C=N–C) groups is 1. The molecule has 0 saturated heterocycles. The second kappa shape index (κ2) is 11.9. The van der Waals surface area contributed by atoms with Crippen molar-refractivity contribution in [3.63, 3.8) is 0 Å². The summed E-state index contributed by atoms with van der Waals surface area (Å²) in [7, 11) is -2.01. The van der Waals surface area contributed by atoms with E-state index in [1.807, 2.05) is 31.2 Å². The van der Waals surface area contributed by atoms with Crippen molar-refractivity contribution in [3.05, 3.63) is 59.7 Å². The molecule has 0 fully saturated rings. The molecule has 0 aliphatic carbocycles. The van der Waals surface area contributed by atoms with Crippen molar-refractivity contribution in [2.75, 3.05) is 20.2 Å². The van der Waals surface area contributed by atoms with Gasteiger partial charge in [-0.05, 0) is 48.7 Å². The lowest BCUT2D eigenvalue weighted by molar-refractivity contribution is 0.414. The number of nitrogens with one attached hydrogen (secondary N) is 2. The Labute approximate surface area is 183 Å². The van der Waals surface area contributed by atoms with Gasteiger partial charge >= 0.3 is 0 Å². The number of nitrogens with zero attached hydrogens (tertiary/aromatic N) is 1. The van der Waals surface area contributed by atoms with Gasteiger partial charge in [0, 0.05) is 13.1 Å². The van der Waals surface area contributed by atoms with Crippen molar-refractivity contribution in [2.24, 2.45) is 10.1 Å². The second-order valence-corrected chi connectivity index (χ2v) is 7.47. The van der Waals surface area contributed by atoms with Gasteiger partial charge in [0.25, 0.3) is 0 Å². The van der Waals surface area contributed by atoms with Crippen LogP contribution in [0, 0.1) is 0 Å². The molecule has 7 nitrogen and oxygen atoms in total. The summed E-state index contributed by atoms with van der Waals surface area (Å²) in [4.78, 5) is 4.70. The maximum atomic E-state index is 11.3. The van der Waals surface area contributed by atoms with E-state index in [0.29, 0.717) is 13.1 Å². The largest absolute Gasteiger partial charge is 0.497 e. The zero-order valence-electron chi connectivity index (χ0n) is 16.0. The highest BCUT2D eigenvalue weighted by atomic mass is 127. The third-order valence-electron chi connectivity index (χ3n) is 3.86. The number of hydrogen-bond donors (Lipinski definition) is 3. The third-order valence-corrected chi connectivity index (χ3v) is 4.79. The number of benzene rings is 2. The van der Waals surface area contributed by atoms with E-state index in [1.54, 1.807) is 19.2 Å². The monoisotopic (exact) mass is 518 g/mol. The van der Waals surface area contributed by atoms with Crippen LogP contribution in [0.15, 0.2) is 58.4 Å². The molecule has 0 heterocycles. The van der Waals surface area contributed by atoms with Gasteiger partial charge in [-0.15, -0.1) is 24.0 Å². The molecule has 0 spiro atoms. The van der Waals surface area contributed by atoms with Gasteiger partial charge in [0.1, 0.15) is 5.75 Å². The molecule has 2 aromatic rings. The average molecular weight is 518 g/mol. The van der Waals surface area contributed by atoms with Gasteiger partial charge in [-0.2, -0.15) is 0 Å². The summed E-state index contributed by atoms with van der Waals surface area (Å²) in [6.07, 6.45) is 0.731. The lowest BCUT2D eigenvalue weighted by atomic mass is 10.1. The van der Waals surface area contributed by atoms with Gasteiger partial charge in [0.15, 0.2) is 5.96 Å². The molecule has 0 atom stereocenters. The van der Waals surface area contributed by atoms with Crippen LogP contribution in [0.4, 0.5) is 0 Å². The molecule has 154 valence electrons. The lowest BCUT2D eigenvalue weighted by Gasteiger charge is -2.12. The normalized spacial score (nSPS) is 11.5. The highest BCUT2D eigenvalue weighted by molar-refractivity contribution is 14.0. The third kappa shape index (κ3) is 8.03. The maximum absolute atomic E-state index is 11.3. The predicted octanol–water partition coefficient (Wildman–Crippen LogP) is 2.26. The summed E-state index contributed by atoms with van der Waals surface area (Å²) < 4.78 is 27.8. The molecule has 0 aliphatic rings. The van der Waals surface area contributed by atoms with Crippen LogP contribution in [0.2, 0.25) is 0 Å². The summed E-state index contributed by atoms with van der Waals surface area (Å²) in [6.45, 7) is 3.97.